The van der Waals surface area contributed by atoms with E-state index in [2.05, 4.69) is 5.32 Å². The first kappa shape index (κ1) is 17.2. The number of rotatable bonds is 7. The van der Waals surface area contributed by atoms with Crippen molar-refractivity contribution in [2.24, 2.45) is 0 Å². The maximum atomic E-state index is 11.5. The van der Waals surface area contributed by atoms with E-state index < -0.39 is 17.7 Å². The van der Waals surface area contributed by atoms with E-state index in [0.29, 0.717) is 12.8 Å². The lowest BCUT2D eigenvalue weighted by atomic mass is 10.2. The molecule has 0 aromatic heterocycles. The number of carbonyl (C=O) groups excluding carboxylic acids is 2. The van der Waals surface area contributed by atoms with Crippen molar-refractivity contribution in [3.8, 4) is 0 Å². The molecule has 0 saturated heterocycles. The van der Waals surface area contributed by atoms with Crippen LogP contribution in [0.4, 0.5) is 4.79 Å². The number of nitrogens with one attached hydrogen (secondary N) is 1. The van der Waals surface area contributed by atoms with Gasteiger partial charge in [0, 0.05) is 12.6 Å². The molecule has 2 amide bonds. The standard InChI is InChI=1S/C12H22N2O5/c1-9(13-11(18)19-12(2,3)4)5-6-14(8-15)7-10(16)17/h8-9H,5-7H2,1-4H3,(H,13,18)(H,16,17). The molecule has 110 valence electrons. The Labute approximate surface area is 112 Å². The number of hydrogen-bond donors (Lipinski definition) is 2. The van der Waals surface area contributed by atoms with Gasteiger partial charge < -0.3 is 20.1 Å². The third-order valence-electron chi connectivity index (χ3n) is 2.10. The number of alkyl carbamates (subject to hydrolysis) is 1. The van der Waals surface area contributed by atoms with E-state index in [1.807, 2.05) is 0 Å². The normalized spacial score (nSPS) is 12.4. The maximum Gasteiger partial charge on any atom is 0.407 e. The Morgan fingerprint density at radius 1 is 1.42 bits per heavy atom. The molecule has 1 unspecified atom stereocenters. The van der Waals surface area contributed by atoms with E-state index >= 15 is 0 Å². The molecule has 7 nitrogen and oxygen atoms in total. The molecule has 0 fully saturated rings. The molecule has 0 aromatic carbocycles. The van der Waals surface area contributed by atoms with Crippen LogP contribution in [0.5, 0.6) is 0 Å². The fourth-order valence-corrected chi connectivity index (χ4v) is 1.28. The van der Waals surface area contributed by atoms with E-state index in [0.717, 1.165) is 4.90 Å². The molecule has 0 spiro atoms. The van der Waals surface area contributed by atoms with Crippen LogP contribution in [0, 0.1) is 0 Å². The van der Waals surface area contributed by atoms with Gasteiger partial charge in [-0.25, -0.2) is 4.79 Å². The third kappa shape index (κ3) is 9.87. The first-order valence-corrected chi connectivity index (χ1v) is 6.04. The predicted molar refractivity (Wildman–Crippen MR) is 68.7 cm³/mol. The molecule has 19 heavy (non-hydrogen) atoms. The Balaban J connectivity index is 4.03. The summed E-state index contributed by atoms with van der Waals surface area (Å²) >= 11 is 0. The number of carboxylic acid groups (broad SMARTS) is 1. The Morgan fingerprint density at radius 3 is 2.42 bits per heavy atom. The van der Waals surface area contributed by atoms with Gasteiger partial charge in [0.2, 0.25) is 6.41 Å². The van der Waals surface area contributed by atoms with Crippen LogP contribution >= 0.6 is 0 Å². The average Bonchev–Trinajstić information content (AvgIpc) is 2.20. The van der Waals surface area contributed by atoms with Crippen molar-refractivity contribution in [2.45, 2.75) is 45.8 Å². The van der Waals surface area contributed by atoms with Gasteiger partial charge in [-0.15, -0.1) is 0 Å². The quantitative estimate of drug-likeness (QED) is 0.670. The van der Waals surface area contributed by atoms with Crippen LogP contribution in [0.2, 0.25) is 0 Å². The summed E-state index contributed by atoms with van der Waals surface area (Å²) in [7, 11) is 0. The molecule has 0 rings (SSSR count). The van der Waals surface area contributed by atoms with Crippen molar-refractivity contribution in [3.05, 3.63) is 0 Å². The highest BCUT2D eigenvalue weighted by Crippen LogP contribution is 2.07. The largest absolute Gasteiger partial charge is 0.480 e. The summed E-state index contributed by atoms with van der Waals surface area (Å²) in [6.07, 6.45) is 0.399. The fourth-order valence-electron chi connectivity index (χ4n) is 1.28. The zero-order valence-electron chi connectivity index (χ0n) is 11.8. The van der Waals surface area contributed by atoms with E-state index in [-0.39, 0.29) is 19.1 Å². The molecule has 7 heteroatoms. The van der Waals surface area contributed by atoms with Gasteiger partial charge in [-0.3, -0.25) is 9.59 Å². The number of nitrogens with zero attached hydrogens (tertiary/aromatic N) is 1. The van der Waals surface area contributed by atoms with Crippen molar-refractivity contribution >= 4 is 18.5 Å². The van der Waals surface area contributed by atoms with E-state index in [9.17, 15) is 14.4 Å². The first-order valence-electron chi connectivity index (χ1n) is 6.04. The highest BCUT2D eigenvalue weighted by molar-refractivity contribution is 5.72. The summed E-state index contributed by atoms with van der Waals surface area (Å²) in [5, 5.41) is 11.2. The second-order valence-electron chi connectivity index (χ2n) is 5.31. The van der Waals surface area contributed by atoms with Gasteiger partial charge >= 0.3 is 12.1 Å². The van der Waals surface area contributed by atoms with Gasteiger partial charge in [0.05, 0.1) is 0 Å². The molecule has 0 saturated carbocycles. The summed E-state index contributed by atoms with van der Waals surface area (Å²) in [6.45, 7) is 6.96. The summed E-state index contributed by atoms with van der Waals surface area (Å²) < 4.78 is 5.08. The topological polar surface area (TPSA) is 95.9 Å². The van der Waals surface area contributed by atoms with Gasteiger partial charge in [-0.1, -0.05) is 0 Å². The molecule has 0 aromatic rings. The van der Waals surface area contributed by atoms with Crippen LogP contribution in [0.15, 0.2) is 0 Å². The second-order valence-corrected chi connectivity index (χ2v) is 5.31. The zero-order chi connectivity index (χ0) is 15.1. The van der Waals surface area contributed by atoms with Gasteiger partial charge in [-0.05, 0) is 34.1 Å². The molecular formula is C12H22N2O5. The minimum Gasteiger partial charge on any atom is -0.480 e. The lowest BCUT2D eigenvalue weighted by molar-refractivity contribution is -0.140. The lowest BCUT2D eigenvalue weighted by Gasteiger charge is -2.23. The molecule has 2 N–H and O–H groups in total. The fraction of sp³-hybridized carbons (Fsp3) is 0.750. The minimum absolute atomic E-state index is 0.217. The Bertz CT molecular complexity index is 325. The minimum atomic E-state index is -1.07. The van der Waals surface area contributed by atoms with Crippen molar-refractivity contribution in [3.63, 3.8) is 0 Å². The SMILES string of the molecule is CC(CCN(C=O)CC(=O)O)NC(=O)OC(C)(C)C. The third-order valence-corrected chi connectivity index (χ3v) is 2.10. The molecule has 0 aliphatic carbocycles. The smallest absolute Gasteiger partial charge is 0.407 e. The van der Waals surface area contributed by atoms with Crippen molar-refractivity contribution in [2.75, 3.05) is 13.1 Å². The van der Waals surface area contributed by atoms with Crippen molar-refractivity contribution in [1.82, 2.24) is 10.2 Å². The monoisotopic (exact) mass is 274 g/mol. The second kappa shape index (κ2) is 7.60. The van der Waals surface area contributed by atoms with Crippen LogP contribution in [-0.4, -0.2) is 53.2 Å². The van der Waals surface area contributed by atoms with Gasteiger partial charge in [0.25, 0.3) is 0 Å². The summed E-state index contributed by atoms with van der Waals surface area (Å²) in [5.41, 5.74) is -0.568. The molecule has 1 atom stereocenters. The van der Waals surface area contributed by atoms with Crippen LogP contribution < -0.4 is 5.32 Å². The van der Waals surface area contributed by atoms with Gasteiger partial charge in [0.1, 0.15) is 12.1 Å². The van der Waals surface area contributed by atoms with Crippen molar-refractivity contribution < 1.29 is 24.2 Å². The number of amides is 2. The lowest BCUT2D eigenvalue weighted by Crippen LogP contribution is -2.40. The molecular weight excluding hydrogens is 252 g/mol. The van der Waals surface area contributed by atoms with E-state index in [1.54, 1.807) is 27.7 Å². The van der Waals surface area contributed by atoms with Crippen molar-refractivity contribution in [1.29, 1.82) is 0 Å². The number of carboxylic acids is 1. The highest BCUT2D eigenvalue weighted by Gasteiger charge is 2.18. The van der Waals surface area contributed by atoms with Gasteiger partial charge in [0.15, 0.2) is 0 Å². The average molecular weight is 274 g/mol. The maximum absolute atomic E-state index is 11.5. The Kier molecular flexibility index (Phi) is 6.89. The van der Waals surface area contributed by atoms with E-state index in [1.165, 1.54) is 0 Å². The van der Waals surface area contributed by atoms with Crippen LogP contribution in [0.3, 0.4) is 0 Å². The Hall–Kier alpha value is -1.79. The number of hydrogen-bond acceptors (Lipinski definition) is 4. The molecule has 0 bridgehead atoms. The molecule has 0 radical (unpaired) electrons. The van der Waals surface area contributed by atoms with Crippen LogP contribution in [0.1, 0.15) is 34.1 Å². The number of carbonyl (C=O) groups is 3. The van der Waals surface area contributed by atoms with Gasteiger partial charge in [-0.2, -0.15) is 0 Å². The first-order chi connectivity index (χ1) is 8.64. The number of ether oxygens (including phenoxy) is 1. The van der Waals surface area contributed by atoms with Crippen LogP contribution in [0.25, 0.3) is 0 Å². The summed E-state index contributed by atoms with van der Waals surface area (Å²) in [4.78, 5) is 33.7. The molecule has 0 heterocycles. The van der Waals surface area contributed by atoms with Crippen LogP contribution in [-0.2, 0) is 14.3 Å². The van der Waals surface area contributed by atoms with E-state index in [4.69, 9.17) is 9.84 Å². The zero-order valence-corrected chi connectivity index (χ0v) is 11.8. The highest BCUT2D eigenvalue weighted by atomic mass is 16.6. The Morgan fingerprint density at radius 2 is 2.00 bits per heavy atom. The predicted octanol–water partition coefficient (Wildman–Crippen LogP) is 0.833. The number of aliphatic carboxylic acids is 1. The summed E-state index contributed by atoms with van der Waals surface area (Å²) in [6, 6.07) is -0.217. The molecule has 0 aliphatic heterocycles. The molecule has 0 aliphatic rings. The summed E-state index contributed by atoms with van der Waals surface area (Å²) in [5.74, 6) is -1.07.